The van der Waals surface area contributed by atoms with Crippen molar-refractivity contribution >= 4 is 17.3 Å². The number of rotatable bonds is 7. The minimum Gasteiger partial charge on any atom is -0.497 e. The van der Waals surface area contributed by atoms with E-state index in [1.165, 1.54) is 35.1 Å². The minimum atomic E-state index is -0.517. The van der Waals surface area contributed by atoms with Gasteiger partial charge < -0.3 is 4.74 Å². The molecular formula is C24H20N6O5. The van der Waals surface area contributed by atoms with Crippen molar-refractivity contribution in [1.82, 2.24) is 20.2 Å². The monoisotopic (exact) mass is 472 g/mol. The Hall–Kier alpha value is -5.06. The molecule has 0 saturated carbocycles. The summed E-state index contributed by atoms with van der Waals surface area (Å²) < 4.78 is 6.47. The molecule has 176 valence electrons. The summed E-state index contributed by atoms with van der Waals surface area (Å²) in [5.74, 6) is 0.163. The maximum atomic E-state index is 13.4. The van der Waals surface area contributed by atoms with Crippen LogP contribution >= 0.6 is 0 Å². The Labute approximate surface area is 198 Å². The highest BCUT2D eigenvalue weighted by molar-refractivity contribution is 6.04. The first-order valence-corrected chi connectivity index (χ1v) is 10.4. The quantitative estimate of drug-likeness (QED) is 0.240. The van der Waals surface area contributed by atoms with Crippen LogP contribution in [0, 0.1) is 10.1 Å². The number of H-pyrrole nitrogens is 1. The van der Waals surface area contributed by atoms with Crippen LogP contribution in [0.4, 0.5) is 5.69 Å². The van der Waals surface area contributed by atoms with E-state index in [1.807, 2.05) is 0 Å². The highest BCUT2D eigenvalue weighted by Gasteiger charge is 2.20. The van der Waals surface area contributed by atoms with Gasteiger partial charge in [0, 0.05) is 30.1 Å². The van der Waals surface area contributed by atoms with Crippen LogP contribution < -0.4 is 15.7 Å². The summed E-state index contributed by atoms with van der Waals surface area (Å²) in [7, 11) is 1.55. The highest BCUT2D eigenvalue weighted by Crippen LogP contribution is 2.24. The van der Waals surface area contributed by atoms with Gasteiger partial charge in [0.15, 0.2) is 0 Å². The van der Waals surface area contributed by atoms with E-state index in [2.05, 4.69) is 20.6 Å². The summed E-state index contributed by atoms with van der Waals surface area (Å²) in [4.78, 5) is 40.2. The maximum absolute atomic E-state index is 13.4. The zero-order valence-corrected chi connectivity index (χ0v) is 18.8. The molecule has 2 heterocycles. The van der Waals surface area contributed by atoms with Crippen LogP contribution in [0.2, 0.25) is 0 Å². The number of carbonyl (C=O) groups excluding carboxylic acids is 1. The predicted octanol–water partition coefficient (Wildman–Crippen LogP) is 3.30. The van der Waals surface area contributed by atoms with E-state index >= 15 is 0 Å². The molecule has 0 atom stereocenters. The van der Waals surface area contributed by atoms with Crippen molar-refractivity contribution in [3.05, 3.63) is 105 Å². The Balaban J connectivity index is 1.78. The number of benzene rings is 2. The summed E-state index contributed by atoms with van der Waals surface area (Å²) >= 11 is 0. The number of nitro benzene ring substituents is 1. The van der Waals surface area contributed by atoms with Gasteiger partial charge in [0.1, 0.15) is 5.75 Å². The van der Waals surface area contributed by atoms with Crippen molar-refractivity contribution in [2.45, 2.75) is 6.92 Å². The Kier molecular flexibility index (Phi) is 6.49. The molecule has 0 spiro atoms. The molecule has 2 N–H and O–H groups in total. The molecule has 0 fully saturated rings. The molecule has 2 aromatic carbocycles. The average molecular weight is 472 g/mol. The SMILES string of the molecule is COc1ccc(-c2[nH]n(-c3ccc([N+](=O)[O-])cc3)c(=O)c2C(C)=NNC(=O)c2cccnc2)cc1. The van der Waals surface area contributed by atoms with Gasteiger partial charge in [-0.2, -0.15) is 5.10 Å². The molecular weight excluding hydrogens is 452 g/mol. The van der Waals surface area contributed by atoms with Gasteiger partial charge in [0.25, 0.3) is 17.2 Å². The fourth-order valence-corrected chi connectivity index (χ4v) is 3.40. The van der Waals surface area contributed by atoms with Crippen molar-refractivity contribution in [1.29, 1.82) is 0 Å². The van der Waals surface area contributed by atoms with Crippen molar-refractivity contribution in [3.63, 3.8) is 0 Å². The lowest BCUT2D eigenvalue weighted by Gasteiger charge is -2.05. The molecule has 4 aromatic rings. The summed E-state index contributed by atoms with van der Waals surface area (Å²) in [5, 5.41) is 18.2. The smallest absolute Gasteiger partial charge is 0.281 e. The molecule has 0 aliphatic carbocycles. The highest BCUT2D eigenvalue weighted by atomic mass is 16.6. The van der Waals surface area contributed by atoms with Crippen LogP contribution in [-0.4, -0.2) is 38.4 Å². The fraction of sp³-hybridized carbons (Fsp3) is 0.0833. The van der Waals surface area contributed by atoms with Gasteiger partial charge in [-0.1, -0.05) is 0 Å². The first kappa shape index (κ1) is 23.1. The number of nitrogens with zero attached hydrogens (tertiary/aromatic N) is 4. The number of hydrazone groups is 1. The summed E-state index contributed by atoms with van der Waals surface area (Å²) in [5.41, 5.74) is 4.22. The second-order valence-electron chi connectivity index (χ2n) is 7.38. The van der Waals surface area contributed by atoms with E-state index in [9.17, 15) is 19.7 Å². The van der Waals surface area contributed by atoms with Crippen molar-refractivity contribution in [2.75, 3.05) is 7.11 Å². The van der Waals surface area contributed by atoms with Crippen molar-refractivity contribution < 1.29 is 14.5 Å². The number of pyridine rings is 1. The largest absolute Gasteiger partial charge is 0.497 e. The van der Waals surface area contributed by atoms with E-state index in [-0.39, 0.29) is 17.0 Å². The number of amides is 1. The summed E-state index contributed by atoms with van der Waals surface area (Å²) in [6, 6.07) is 15.8. The van der Waals surface area contributed by atoms with Gasteiger partial charge in [0.2, 0.25) is 0 Å². The Morgan fingerprint density at radius 3 is 2.46 bits per heavy atom. The normalized spacial score (nSPS) is 11.2. The van der Waals surface area contributed by atoms with Crippen molar-refractivity contribution in [2.24, 2.45) is 5.10 Å². The number of ether oxygens (including phenoxy) is 1. The summed E-state index contributed by atoms with van der Waals surface area (Å²) in [6.45, 7) is 1.60. The number of methoxy groups -OCH3 is 1. The first-order chi connectivity index (χ1) is 16.9. The van der Waals surface area contributed by atoms with Gasteiger partial charge in [-0.25, -0.2) is 10.1 Å². The lowest BCUT2D eigenvalue weighted by molar-refractivity contribution is -0.384. The Morgan fingerprint density at radius 1 is 1.14 bits per heavy atom. The second-order valence-corrected chi connectivity index (χ2v) is 7.38. The van der Waals surface area contributed by atoms with Gasteiger partial charge in [-0.15, -0.1) is 0 Å². The Bertz CT molecular complexity index is 1460. The molecule has 0 aliphatic rings. The van der Waals surface area contributed by atoms with Gasteiger partial charge in [-0.05, 0) is 55.5 Å². The average Bonchev–Trinajstić information content (AvgIpc) is 3.24. The fourth-order valence-electron chi connectivity index (χ4n) is 3.40. The van der Waals surface area contributed by atoms with Crippen LogP contribution in [-0.2, 0) is 0 Å². The molecule has 1 amide bonds. The van der Waals surface area contributed by atoms with Crippen LogP contribution in [0.1, 0.15) is 22.8 Å². The number of aromatic nitrogens is 3. The Morgan fingerprint density at radius 2 is 1.86 bits per heavy atom. The molecule has 0 unspecified atom stereocenters. The number of hydrogen-bond donors (Lipinski definition) is 2. The predicted molar refractivity (Wildman–Crippen MR) is 129 cm³/mol. The van der Waals surface area contributed by atoms with Crippen LogP contribution in [0.3, 0.4) is 0 Å². The second kappa shape index (κ2) is 9.83. The molecule has 0 bridgehead atoms. The van der Waals surface area contributed by atoms with Gasteiger partial charge in [0.05, 0.1) is 40.3 Å². The van der Waals surface area contributed by atoms with Crippen LogP contribution in [0.15, 0.2) is 83.0 Å². The molecule has 0 saturated heterocycles. The zero-order chi connectivity index (χ0) is 24.9. The molecule has 2 aromatic heterocycles. The maximum Gasteiger partial charge on any atom is 0.281 e. The first-order valence-electron chi connectivity index (χ1n) is 10.4. The topological polar surface area (TPSA) is 145 Å². The number of aromatic amines is 1. The third kappa shape index (κ3) is 4.83. The number of non-ortho nitro benzene ring substituents is 1. The third-order valence-corrected chi connectivity index (χ3v) is 5.20. The summed E-state index contributed by atoms with van der Waals surface area (Å²) in [6.07, 6.45) is 2.95. The zero-order valence-electron chi connectivity index (χ0n) is 18.8. The molecule has 4 rings (SSSR count). The lowest BCUT2D eigenvalue weighted by atomic mass is 10.1. The third-order valence-electron chi connectivity index (χ3n) is 5.20. The minimum absolute atomic E-state index is 0.0974. The van der Waals surface area contributed by atoms with Crippen LogP contribution in [0.5, 0.6) is 5.75 Å². The lowest BCUT2D eigenvalue weighted by Crippen LogP contribution is -2.23. The number of nitrogens with one attached hydrogen (secondary N) is 2. The van der Waals surface area contributed by atoms with E-state index in [0.717, 1.165) is 0 Å². The molecule has 11 heteroatoms. The van der Waals surface area contributed by atoms with Crippen LogP contribution in [0.25, 0.3) is 16.9 Å². The standard InChI is InChI=1S/C24H20N6O5/c1-15(26-27-23(31)17-4-3-13-25-14-17)21-22(16-5-11-20(35-2)12-6-16)28-29(24(21)32)18-7-9-19(10-8-18)30(33)34/h3-14,28H,1-2H3,(H,27,31). The van der Waals surface area contributed by atoms with E-state index < -0.39 is 16.4 Å². The van der Waals surface area contributed by atoms with E-state index in [1.54, 1.807) is 56.6 Å². The number of hydrogen-bond acceptors (Lipinski definition) is 7. The van der Waals surface area contributed by atoms with Gasteiger partial charge in [-0.3, -0.25) is 29.8 Å². The molecule has 11 nitrogen and oxygen atoms in total. The number of carbonyl (C=O) groups is 1. The van der Waals surface area contributed by atoms with E-state index in [4.69, 9.17) is 4.74 Å². The van der Waals surface area contributed by atoms with E-state index in [0.29, 0.717) is 28.3 Å². The molecule has 0 aliphatic heterocycles. The molecule has 0 radical (unpaired) electrons. The van der Waals surface area contributed by atoms with Gasteiger partial charge >= 0.3 is 0 Å². The molecule has 35 heavy (non-hydrogen) atoms. The van der Waals surface area contributed by atoms with Crippen molar-refractivity contribution in [3.8, 4) is 22.7 Å². The number of nitro groups is 1.